The first-order valence-electron chi connectivity index (χ1n) is 40.3. The summed E-state index contributed by atoms with van der Waals surface area (Å²) >= 11 is -2.00. The number of unbranched alkanes of at least 4 members (excludes halogenated alkanes) is 27. The molecule has 1 aliphatic heterocycles. The molecule has 9 nitrogen and oxygen atoms in total. The molecule has 0 aliphatic carbocycles. The van der Waals surface area contributed by atoms with Crippen LogP contribution >= 0.6 is 19.4 Å². The van der Waals surface area contributed by atoms with E-state index in [2.05, 4.69) is 146 Å². The number of anilines is 3. The molecular formula is C88H146Cl2F6N3O6Ru-. The number of benzene rings is 3. The smallest absolute Gasteiger partial charge is 0.304 e. The number of carbonyl (C=O) groups is 1. The van der Waals surface area contributed by atoms with E-state index in [1.807, 2.05) is 27.7 Å². The fourth-order valence-electron chi connectivity index (χ4n) is 11.5. The average molecular weight is 1630 g/mol. The molecule has 0 unspecified atom stereocenters. The van der Waals surface area contributed by atoms with E-state index in [-0.39, 0.29) is 17.8 Å². The van der Waals surface area contributed by atoms with Crippen LogP contribution in [0.25, 0.3) is 0 Å². The summed E-state index contributed by atoms with van der Waals surface area (Å²) in [5.41, 5.74) is 10.1. The third-order valence-corrected chi connectivity index (χ3v) is 18.9. The molecule has 0 radical (unpaired) electrons. The molecule has 0 bridgehead atoms. The summed E-state index contributed by atoms with van der Waals surface area (Å²) in [6.45, 7) is 45.4. The number of nitrogens with one attached hydrogen (secondary N) is 1. The molecular weight excluding hydrogens is 1480 g/mol. The SMILES string of the molecule is C=COCCCCCCCCCCCC.CC(C)COC(=O)Nc1ccc(OC(C)C)c([CH]=[Ru]([Cl])[Cl])c1.CC(C)c1cccc(C(C)C)c1N1[CH-]N(c2c(C(C)C)cccc2C(C)C)CC1.CC(F)=C(F)F.CCCCCCCCCCCCOC=C(C)F.CCCCCCCCCCCCOC=C(F)F. The molecule has 3 aromatic rings. The number of allylic oxidation sites excluding steroid dienone is 2. The minimum Gasteiger partial charge on any atom is -0.502 e. The van der Waals surface area contributed by atoms with Gasteiger partial charge < -0.3 is 24.0 Å². The fraction of sp³-hybridized carbons (Fsp3) is 0.670. The molecule has 0 spiro atoms. The first-order chi connectivity index (χ1) is 50.6. The minimum absolute atomic E-state index is 0.0354. The number of halogens is 8. The molecule has 614 valence electrons. The van der Waals surface area contributed by atoms with Gasteiger partial charge in [-0.15, -0.1) is 0 Å². The van der Waals surface area contributed by atoms with Gasteiger partial charge >= 0.3 is 157 Å². The largest absolute Gasteiger partial charge is 0.502 e. The van der Waals surface area contributed by atoms with Crippen molar-refractivity contribution in [3.63, 3.8) is 0 Å². The van der Waals surface area contributed by atoms with Crippen LogP contribution in [0.2, 0.25) is 0 Å². The normalized spacial score (nSPS) is 11.9. The van der Waals surface area contributed by atoms with Crippen molar-refractivity contribution in [3.05, 3.63) is 138 Å². The number of rotatable bonds is 48. The zero-order valence-electron chi connectivity index (χ0n) is 68.9. The number of hydrogen-bond acceptors (Lipinski definition) is 8. The van der Waals surface area contributed by atoms with Gasteiger partial charge in [0.25, 0.3) is 0 Å². The van der Waals surface area contributed by atoms with Gasteiger partial charge in [-0.25, -0.2) is 8.78 Å². The summed E-state index contributed by atoms with van der Waals surface area (Å²) in [5, 5.41) is 2.68. The van der Waals surface area contributed by atoms with E-state index in [9.17, 15) is 31.1 Å². The number of amides is 1. The Kier molecular flexibility index (Phi) is 66.7. The standard InChI is InChI=1S/C27H39N2.C15H29FO.C15H21NO3.C14H26F2O.C14H28O.C3H3F3.2ClH.Ru/c1-18(2)22-11-9-12-23(19(3)4)26(22)28-15-16-29(17-28)27-24(20(5)6)13-10-14-25(27)21(7)8;1-3-4-5-6-7-8-9-10-11-12-13-17-14-15(2)16;1-10(2)9-18-15(17)16-13-6-7-14(12(5)8-13)19-11(3)4;1-2-3-4-5-6-7-8-9-10-11-12-17-13-14(15)16;1-3-5-6-7-8-9-10-11-12-13-14-15-4-2;1-2(4)3(5)6;;;/h9-14,17-21H,15-16H2,1-8H3;14H,3-13H2,1-2H3;5-8,10-11H,9H2,1-4H3,(H,16,17);13H,2-12H2,1H3;4H,2-3,5-14H2,1H3;1H3;2*1H;/q-1;;;;;;;;+2/p-2. The maximum atomic E-state index is 12.2. The molecule has 1 fully saturated rings. The second-order valence-corrected chi connectivity index (χ2v) is 35.0. The Bertz CT molecular complexity index is 2610. The third kappa shape index (κ3) is 56.6. The van der Waals surface area contributed by atoms with E-state index in [0.717, 1.165) is 44.5 Å². The second kappa shape index (κ2) is 68.4. The van der Waals surface area contributed by atoms with Gasteiger partial charge in [0.05, 0.1) is 26.1 Å². The quantitative estimate of drug-likeness (QED) is 0.0197. The van der Waals surface area contributed by atoms with Crippen LogP contribution in [0.5, 0.6) is 5.75 Å². The Morgan fingerprint density at radius 3 is 1.15 bits per heavy atom. The first-order valence-corrected chi connectivity index (χ1v) is 45.8. The summed E-state index contributed by atoms with van der Waals surface area (Å²) in [7, 11) is 11.9. The van der Waals surface area contributed by atoms with Crippen LogP contribution in [-0.4, -0.2) is 56.3 Å². The molecule has 0 atom stereocenters. The van der Waals surface area contributed by atoms with E-state index in [1.165, 1.54) is 226 Å². The van der Waals surface area contributed by atoms with Gasteiger partial charge in [-0.1, -0.05) is 293 Å². The van der Waals surface area contributed by atoms with E-state index in [0.29, 0.717) is 68.1 Å². The third-order valence-electron chi connectivity index (χ3n) is 17.1. The molecule has 0 saturated carbocycles. The Morgan fingerprint density at radius 2 is 0.858 bits per heavy atom. The molecule has 1 heterocycles. The predicted octanol–water partition coefficient (Wildman–Crippen LogP) is 30.9. The van der Waals surface area contributed by atoms with E-state index in [4.69, 9.17) is 38.3 Å². The van der Waals surface area contributed by atoms with Gasteiger partial charge in [-0.2, -0.15) is 24.2 Å². The number of hydrogen-bond donors (Lipinski definition) is 1. The molecule has 0 aromatic heterocycles. The van der Waals surface area contributed by atoms with Crippen molar-refractivity contribution >= 4 is 47.1 Å². The minimum atomic E-state index is -2.24. The number of para-hydroxylation sites is 2. The van der Waals surface area contributed by atoms with Crippen molar-refractivity contribution in [2.45, 2.75) is 340 Å². The van der Waals surface area contributed by atoms with Crippen molar-refractivity contribution < 1.29 is 68.3 Å². The van der Waals surface area contributed by atoms with E-state index < -0.39 is 37.6 Å². The Morgan fingerprint density at radius 1 is 0.519 bits per heavy atom. The summed E-state index contributed by atoms with van der Waals surface area (Å²) < 4.78 is 95.0. The predicted molar refractivity (Wildman–Crippen MR) is 442 cm³/mol. The molecule has 4 rings (SSSR count). The molecule has 3 aromatic carbocycles. The number of carbonyl (C=O) groups excluding carboxylic acids is 1. The number of nitrogens with zero attached hydrogens (tertiary/aromatic N) is 2. The van der Waals surface area contributed by atoms with Crippen LogP contribution in [0.1, 0.15) is 362 Å². The fourth-order valence-corrected chi connectivity index (χ4v) is 13.3. The Balaban J connectivity index is 0. The van der Waals surface area contributed by atoms with Gasteiger partial charge in [0, 0.05) is 24.5 Å². The zero-order valence-corrected chi connectivity index (χ0v) is 72.2. The molecule has 18 heteroatoms. The topological polar surface area (TPSA) is 81.7 Å². The molecule has 1 N–H and O–H groups in total. The molecule has 1 aliphatic rings. The van der Waals surface area contributed by atoms with Crippen LogP contribution in [0.4, 0.5) is 48.2 Å². The average Bonchev–Trinajstić information content (AvgIpc) is 1.57. The van der Waals surface area contributed by atoms with Gasteiger partial charge in [0.1, 0.15) is 18.4 Å². The summed E-state index contributed by atoms with van der Waals surface area (Å²) in [6.07, 6.45) is 38.2. The number of ether oxygens (including phenoxy) is 5. The maximum absolute atomic E-state index is 12.2. The van der Waals surface area contributed by atoms with E-state index >= 15 is 0 Å². The Labute approximate surface area is 656 Å². The van der Waals surface area contributed by atoms with Crippen molar-refractivity contribution in [1.82, 2.24) is 0 Å². The van der Waals surface area contributed by atoms with Crippen molar-refractivity contribution in [2.24, 2.45) is 5.92 Å². The van der Waals surface area contributed by atoms with Crippen molar-refractivity contribution in [2.75, 3.05) is 54.6 Å². The van der Waals surface area contributed by atoms with Gasteiger partial charge in [0.15, 0.2) is 5.83 Å². The maximum Gasteiger partial charge on any atom is 0.304 e. The molecule has 106 heavy (non-hydrogen) atoms. The van der Waals surface area contributed by atoms with Gasteiger partial charge in [-0.3, -0.25) is 0 Å². The van der Waals surface area contributed by atoms with Crippen LogP contribution in [-0.2, 0) is 32.5 Å². The summed E-state index contributed by atoms with van der Waals surface area (Å²) in [6, 6.07) is 19.0. The Hall–Kier alpha value is -4.66. The molecule has 1 saturated heterocycles. The van der Waals surface area contributed by atoms with Crippen LogP contribution in [0.3, 0.4) is 0 Å². The zero-order chi connectivity index (χ0) is 79.9. The van der Waals surface area contributed by atoms with Crippen LogP contribution in [0, 0.1) is 12.6 Å². The van der Waals surface area contributed by atoms with Crippen molar-refractivity contribution in [1.29, 1.82) is 0 Å². The van der Waals surface area contributed by atoms with Crippen molar-refractivity contribution in [3.8, 4) is 5.75 Å². The monoisotopic (exact) mass is 1630 g/mol. The van der Waals surface area contributed by atoms with Gasteiger partial charge in [0.2, 0.25) is 0 Å². The van der Waals surface area contributed by atoms with Gasteiger partial charge in [-0.05, 0) is 79.0 Å². The molecule has 1 amide bonds. The first kappa shape index (κ1) is 103. The summed E-state index contributed by atoms with van der Waals surface area (Å²) in [4.78, 5) is 16.7. The van der Waals surface area contributed by atoms with Crippen LogP contribution in [0.15, 0.2) is 104 Å². The van der Waals surface area contributed by atoms with Crippen LogP contribution < -0.4 is 19.9 Å². The summed E-state index contributed by atoms with van der Waals surface area (Å²) in [5.74, 6) is 1.38. The second-order valence-electron chi connectivity index (χ2n) is 29.3. The van der Waals surface area contributed by atoms with E-state index in [1.54, 1.807) is 22.8 Å².